The van der Waals surface area contributed by atoms with E-state index in [4.69, 9.17) is 0 Å². The number of rotatable bonds is 3. The molecule has 19 heavy (non-hydrogen) atoms. The maximum atomic E-state index is 9.56. The van der Waals surface area contributed by atoms with E-state index in [2.05, 4.69) is 26.4 Å². The monoisotopic (exact) mass is 254 g/mol. The van der Waals surface area contributed by atoms with Crippen molar-refractivity contribution in [2.45, 2.75) is 19.9 Å². The molecule has 0 bridgehead atoms. The molecule has 0 saturated carbocycles. The van der Waals surface area contributed by atoms with E-state index in [-0.39, 0.29) is 5.75 Å². The summed E-state index contributed by atoms with van der Waals surface area (Å²) in [6.45, 7) is 2.99. The van der Waals surface area contributed by atoms with Crippen molar-refractivity contribution in [2.24, 2.45) is 0 Å². The lowest BCUT2D eigenvalue weighted by molar-refractivity contribution is 0.473. The average Bonchev–Trinajstić information content (AvgIpc) is 2.79. The van der Waals surface area contributed by atoms with E-state index in [1.54, 1.807) is 24.7 Å². The number of hydrogen-bond donors (Lipinski definition) is 1. The van der Waals surface area contributed by atoms with E-state index in [0.29, 0.717) is 0 Å². The Labute approximate surface area is 110 Å². The van der Waals surface area contributed by atoms with Gasteiger partial charge in [-0.15, -0.1) is 0 Å². The van der Waals surface area contributed by atoms with E-state index in [1.807, 2.05) is 6.07 Å². The van der Waals surface area contributed by atoms with Gasteiger partial charge in [-0.25, -0.2) is 4.98 Å². The molecule has 0 saturated heterocycles. The molecule has 96 valence electrons. The van der Waals surface area contributed by atoms with Gasteiger partial charge in [0.05, 0.1) is 17.9 Å². The van der Waals surface area contributed by atoms with Crippen LogP contribution in [0.2, 0.25) is 0 Å². The van der Waals surface area contributed by atoms with Crippen molar-refractivity contribution in [3.05, 3.63) is 36.9 Å². The normalized spacial score (nSPS) is 11.0. The predicted molar refractivity (Wildman–Crippen MR) is 72.7 cm³/mol. The standard InChI is InChI=1S/C14H14N4O/c1-2-5-18-13-3-4-15-9-12(13)17-14(18)10-6-11(19)8-16-7-10/h3-4,6-9,19H,2,5H2,1H3. The molecule has 5 nitrogen and oxygen atoms in total. The van der Waals surface area contributed by atoms with Crippen LogP contribution >= 0.6 is 0 Å². The highest BCUT2D eigenvalue weighted by Gasteiger charge is 2.12. The molecule has 0 unspecified atom stereocenters. The van der Waals surface area contributed by atoms with Crippen LogP contribution in [0.5, 0.6) is 5.75 Å². The Kier molecular flexibility index (Phi) is 2.87. The summed E-state index contributed by atoms with van der Waals surface area (Å²) < 4.78 is 2.13. The van der Waals surface area contributed by atoms with E-state index in [9.17, 15) is 5.11 Å². The maximum absolute atomic E-state index is 9.56. The molecule has 3 aromatic heterocycles. The Hall–Kier alpha value is -2.43. The third-order valence-corrected chi connectivity index (χ3v) is 2.98. The van der Waals surface area contributed by atoms with Crippen molar-refractivity contribution in [2.75, 3.05) is 0 Å². The van der Waals surface area contributed by atoms with Crippen molar-refractivity contribution in [1.82, 2.24) is 19.5 Å². The zero-order valence-electron chi connectivity index (χ0n) is 10.6. The highest BCUT2D eigenvalue weighted by molar-refractivity contribution is 5.79. The summed E-state index contributed by atoms with van der Waals surface area (Å²) in [6.07, 6.45) is 7.65. The molecule has 5 heteroatoms. The first-order chi connectivity index (χ1) is 9.29. The van der Waals surface area contributed by atoms with E-state index < -0.39 is 0 Å². The van der Waals surface area contributed by atoms with Gasteiger partial charge in [0.2, 0.25) is 0 Å². The van der Waals surface area contributed by atoms with Crippen LogP contribution in [0.15, 0.2) is 36.9 Å². The van der Waals surface area contributed by atoms with Gasteiger partial charge in [0.1, 0.15) is 17.1 Å². The van der Waals surface area contributed by atoms with Gasteiger partial charge in [-0.3, -0.25) is 9.97 Å². The van der Waals surface area contributed by atoms with Crippen LogP contribution < -0.4 is 0 Å². The molecular formula is C14H14N4O. The number of aryl methyl sites for hydroxylation is 1. The summed E-state index contributed by atoms with van der Waals surface area (Å²) in [5.74, 6) is 0.957. The van der Waals surface area contributed by atoms with E-state index in [0.717, 1.165) is 35.4 Å². The fraction of sp³-hybridized carbons (Fsp3) is 0.214. The summed E-state index contributed by atoms with van der Waals surface area (Å²) in [5.41, 5.74) is 2.72. The van der Waals surface area contributed by atoms with Crippen molar-refractivity contribution in [3.63, 3.8) is 0 Å². The molecule has 0 aliphatic carbocycles. The topological polar surface area (TPSA) is 63.8 Å². The van der Waals surface area contributed by atoms with Crippen LogP contribution in [-0.2, 0) is 6.54 Å². The minimum absolute atomic E-state index is 0.144. The summed E-state index contributed by atoms with van der Waals surface area (Å²) in [5, 5.41) is 9.56. The van der Waals surface area contributed by atoms with Gasteiger partial charge in [0, 0.05) is 24.5 Å². The molecule has 0 aliphatic rings. The molecule has 3 aromatic rings. The second-order valence-corrected chi connectivity index (χ2v) is 4.38. The molecule has 0 fully saturated rings. The third kappa shape index (κ3) is 2.03. The zero-order valence-corrected chi connectivity index (χ0v) is 10.6. The number of pyridine rings is 2. The quantitative estimate of drug-likeness (QED) is 0.780. The van der Waals surface area contributed by atoms with Crippen LogP contribution in [0.4, 0.5) is 0 Å². The summed E-state index contributed by atoms with van der Waals surface area (Å²) >= 11 is 0. The van der Waals surface area contributed by atoms with Crippen LogP contribution in [0.3, 0.4) is 0 Å². The highest BCUT2D eigenvalue weighted by Crippen LogP contribution is 2.25. The van der Waals surface area contributed by atoms with Crippen LogP contribution in [0.1, 0.15) is 13.3 Å². The lowest BCUT2D eigenvalue weighted by Crippen LogP contribution is -1.99. The third-order valence-electron chi connectivity index (χ3n) is 2.98. The smallest absolute Gasteiger partial charge is 0.142 e. The first-order valence-corrected chi connectivity index (χ1v) is 6.24. The first-order valence-electron chi connectivity index (χ1n) is 6.24. The molecule has 0 aromatic carbocycles. The maximum Gasteiger partial charge on any atom is 0.142 e. The zero-order chi connectivity index (χ0) is 13.2. The van der Waals surface area contributed by atoms with Gasteiger partial charge >= 0.3 is 0 Å². The summed E-state index contributed by atoms with van der Waals surface area (Å²) in [4.78, 5) is 12.7. The number of aromatic nitrogens is 4. The second kappa shape index (κ2) is 4.68. The molecule has 0 radical (unpaired) electrons. The molecule has 0 atom stereocenters. The van der Waals surface area contributed by atoms with Gasteiger partial charge in [0.25, 0.3) is 0 Å². The molecule has 3 heterocycles. The van der Waals surface area contributed by atoms with Gasteiger partial charge in [-0.1, -0.05) is 6.92 Å². The number of hydrogen-bond acceptors (Lipinski definition) is 4. The molecule has 0 spiro atoms. The Bertz CT molecular complexity index is 720. The SMILES string of the molecule is CCCn1c(-c2cncc(O)c2)nc2cnccc21. The molecular weight excluding hydrogens is 240 g/mol. The van der Waals surface area contributed by atoms with Crippen LogP contribution in [0.25, 0.3) is 22.4 Å². The summed E-state index contributed by atoms with van der Waals surface area (Å²) in [7, 11) is 0. The molecule has 0 aliphatic heterocycles. The Morgan fingerprint density at radius 1 is 1.21 bits per heavy atom. The van der Waals surface area contributed by atoms with Crippen LogP contribution in [0, 0.1) is 0 Å². The van der Waals surface area contributed by atoms with Crippen molar-refractivity contribution < 1.29 is 5.11 Å². The van der Waals surface area contributed by atoms with Gasteiger partial charge in [-0.2, -0.15) is 0 Å². The van der Waals surface area contributed by atoms with E-state index >= 15 is 0 Å². The Morgan fingerprint density at radius 2 is 2.11 bits per heavy atom. The fourth-order valence-electron chi connectivity index (χ4n) is 2.20. The Balaban J connectivity index is 2.25. The predicted octanol–water partition coefficient (Wildman–Crippen LogP) is 2.61. The van der Waals surface area contributed by atoms with Crippen molar-refractivity contribution in [1.29, 1.82) is 0 Å². The second-order valence-electron chi connectivity index (χ2n) is 4.38. The van der Waals surface area contributed by atoms with Crippen molar-refractivity contribution in [3.8, 4) is 17.1 Å². The number of imidazole rings is 1. The molecule has 0 amide bonds. The highest BCUT2D eigenvalue weighted by atomic mass is 16.3. The minimum Gasteiger partial charge on any atom is -0.506 e. The molecule has 3 rings (SSSR count). The lowest BCUT2D eigenvalue weighted by atomic mass is 10.2. The lowest BCUT2D eigenvalue weighted by Gasteiger charge is -2.07. The van der Waals surface area contributed by atoms with E-state index in [1.165, 1.54) is 6.20 Å². The minimum atomic E-state index is 0.144. The molecule has 1 N–H and O–H groups in total. The van der Waals surface area contributed by atoms with Crippen molar-refractivity contribution >= 4 is 11.0 Å². The van der Waals surface area contributed by atoms with Gasteiger partial charge < -0.3 is 9.67 Å². The average molecular weight is 254 g/mol. The van der Waals surface area contributed by atoms with Gasteiger partial charge in [0.15, 0.2) is 0 Å². The van der Waals surface area contributed by atoms with Gasteiger partial charge in [-0.05, 0) is 18.6 Å². The fourth-order valence-corrected chi connectivity index (χ4v) is 2.20. The van der Waals surface area contributed by atoms with Crippen LogP contribution in [-0.4, -0.2) is 24.6 Å². The number of aromatic hydroxyl groups is 1. The number of fused-ring (bicyclic) bond motifs is 1. The first kappa shape index (κ1) is 11.6. The largest absolute Gasteiger partial charge is 0.506 e. The number of nitrogens with zero attached hydrogens (tertiary/aromatic N) is 4. The Morgan fingerprint density at radius 3 is 2.89 bits per heavy atom. The summed E-state index contributed by atoms with van der Waals surface area (Å²) in [6, 6.07) is 3.63.